The highest BCUT2D eigenvalue weighted by molar-refractivity contribution is 5.76. The molecule has 0 bridgehead atoms. The topological polar surface area (TPSA) is 52.2 Å². The van der Waals surface area contributed by atoms with Gasteiger partial charge in [0.25, 0.3) is 0 Å². The molecule has 2 aromatic rings. The zero-order valence-electron chi connectivity index (χ0n) is 13.8. The minimum Gasteiger partial charge on any atom is -0.345 e. The summed E-state index contributed by atoms with van der Waals surface area (Å²) in [5.74, 6) is 0.823. The number of carbonyl (C=O) groups excluding carboxylic acids is 1. The van der Waals surface area contributed by atoms with Crippen LogP contribution in [0.2, 0.25) is 0 Å². The molecule has 1 aromatic carbocycles. The highest BCUT2D eigenvalue weighted by atomic mass is 16.2. The van der Waals surface area contributed by atoms with Gasteiger partial charge in [-0.15, -0.1) is 0 Å². The number of hydrogen-bond donors (Lipinski definition) is 1. The molecule has 1 saturated heterocycles. The summed E-state index contributed by atoms with van der Waals surface area (Å²) in [6.45, 7) is 2.70. The smallest absolute Gasteiger partial charge is 0.222 e. The van der Waals surface area contributed by atoms with Crippen molar-refractivity contribution in [2.75, 3.05) is 27.2 Å². The average molecular weight is 312 g/mol. The van der Waals surface area contributed by atoms with Gasteiger partial charge in [0.05, 0.1) is 5.69 Å². The standard InChI is InChI=1S/C18H24N4O/c1-21(11-14-8-9-18(23)22(2)12-14)13-16-10-17(20-19-16)15-6-4-3-5-7-15/h3-7,10,14H,8-9,11-13H2,1-2H3,(H,19,20). The van der Waals surface area contributed by atoms with E-state index in [4.69, 9.17) is 0 Å². The van der Waals surface area contributed by atoms with E-state index in [1.165, 1.54) is 0 Å². The SMILES string of the molecule is CN(Cc1cc(-c2ccccc2)n[nH]1)CC1CCC(=O)N(C)C1. The van der Waals surface area contributed by atoms with Crippen molar-refractivity contribution < 1.29 is 4.79 Å². The van der Waals surface area contributed by atoms with Crippen LogP contribution in [0.5, 0.6) is 0 Å². The first-order valence-corrected chi connectivity index (χ1v) is 8.14. The molecule has 5 heteroatoms. The maximum absolute atomic E-state index is 11.6. The molecule has 0 spiro atoms. The number of benzene rings is 1. The van der Waals surface area contributed by atoms with Crippen molar-refractivity contribution in [1.82, 2.24) is 20.0 Å². The van der Waals surface area contributed by atoms with Crippen molar-refractivity contribution in [3.8, 4) is 11.3 Å². The fourth-order valence-corrected chi connectivity index (χ4v) is 3.24. The molecule has 23 heavy (non-hydrogen) atoms. The van der Waals surface area contributed by atoms with Gasteiger partial charge in [-0.3, -0.25) is 9.89 Å². The molecule has 2 heterocycles. The number of amides is 1. The number of H-pyrrole nitrogens is 1. The summed E-state index contributed by atoms with van der Waals surface area (Å²) in [5.41, 5.74) is 3.23. The van der Waals surface area contributed by atoms with Crippen LogP contribution in [-0.4, -0.2) is 53.1 Å². The van der Waals surface area contributed by atoms with Crippen molar-refractivity contribution in [3.63, 3.8) is 0 Å². The molecule has 3 rings (SSSR count). The Balaban J connectivity index is 1.55. The van der Waals surface area contributed by atoms with Crippen LogP contribution in [0, 0.1) is 5.92 Å². The summed E-state index contributed by atoms with van der Waals surface area (Å²) in [7, 11) is 4.02. The number of nitrogens with zero attached hydrogens (tertiary/aromatic N) is 3. The van der Waals surface area contributed by atoms with Crippen LogP contribution in [-0.2, 0) is 11.3 Å². The molecular formula is C18H24N4O. The Morgan fingerprint density at radius 1 is 1.35 bits per heavy atom. The van der Waals surface area contributed by atoms with Crippen LogP contribution >= 0.6 is 0 Å². The highest BCUT2D eigenvalue weighted by Crippen LogP contribution is 2.20. The second-order valence-electron chi connectivity index (χ2n) is 6.52. The first-order chi connectivity index (χ1) is 11.1. The second-order valence-corrected chi connectivity index (χ2v) is 6.52. The largest absolute Gasteiger partial charge is 0.345 e. The lowest BCUT2D eigenvalue weighted by Crippen LogP contribution is -2.41. The highest BCUT2D eigenvalue weighted by Gasteiger charge is 2.23. The van der Waals surface area contributed by atoms with Gasteiger partial charge in [-0.2, -0.15) is 5.10 Å². The third-order valence-corrected chi connectivity index (χ3v) is 4.43. The van der Waals surface area contributed by atoms with Gasteiger partial charge >= 0.3 is 0 Å². The zero-order chi connectivity index (χ0) is 16.2. The molecule has 1 fully saturated rings. The van der Waals surface area contributed by atoms with Crippen LogP contribution in [0.4, 0.5) is 0 Å². The predicted molar refractivity (Wildman–Crippen MR) is 90.7 cm³/mol. The molecule has 0 aliphatic carbocycles. The Morgan fingerprint density at radius 3 is 2.87 bits per heavy atom. The Morgan fingerprint density at radius 2 is 2.13 bits per heavy atom. The van der Waals surface area contributed by atoms with Crippen molar-refractivity contribution in [3.05, 3.63) is 42.1 Å². The summed E-state index contributed by atoms with van der Waals surface area (Å²) in [6.07, 6.45) is 1.67. The lowest BCUT2D eigenvalue weighted by atomic mass is 9.97. The van der Waals surface area contributed by atoms with Gasteiger partial charge in [0.15, 0.2) is 0 Å². The quantitative estimate of drug-likeness (QED) is 0.922. The van der Waals surface area contributed by atoms with E-state index in [-0.39, 0.29) is 5.91 Å². The lowest BCUT2D eigenvalue weighted by Gasteiger charge is -2.32. The zero-order valence-corrected chi connectivity index (χ0v) is 13.8. The molecule has 5 nitrogen and oxygen atoms in total. The number of likely N-dealkylation sites (tertiary alicyclic amines) is 1. The van der Waals surface area contributed by atoms with Gasteiger partial charge < -0.3 is 9.80 Å². The number of piperidine rings is 1. The number of aromatic amines is 1. The van der Waals surface area contributed by atoms with Crippen LogP contribution in [0.25, 0.3) is 11.3 Å². The third-order valence-electron chi connectivity index (χ3n) is 4.43. The van der Waals surface area contributed by atoms with Crippen LogP contribution < -0.4 is 0 Å². The molecule has 0 radical (unpaired) electrons. The second kappa shape index (κ2) is 6.96. The first kappa shape index (κ1) is 15.7. The van der Waals surface area contributed by atoms with Crippen molar-refractivity contribution in [1.29, 1.82) is 0 Å². The van der Waals surface area contributed by atoms with Crippen LogP contribution in [0.1, 0.15) is 18.5 Å². The van der Waals surface area contributed by atoms with Crippen molar-refractivity contribution in [2.45, 2.75) is 19.4 Å². The molecule has 1 N–H and O–H groups in total. The summed E-state index contributed by atoms with van der Waals surface area (Å²) >= 11 is 0. The summed E-state index contributed by atoms with van der Waals surface area (Å²) in [5, 5.41) is 7.54. The molecule has 1 atom stereocenters. The lowest BCUT2D eigenvalue weighted by molar-refractivity contribution is -0.133. The minimum atomic E-state index is 0.268. The van der Waals surface area contributed by atoms with E-state index in [1.54, 1.807) is 0 Å². The average Bonchev–Trinajstić information content (AvgIpc) is 3.00. The third kappa shape index (κ3) is 3.99. The molecule has 1 aliphatic rings. The number of rotatable bonds is 5. The number of carbonyl (C=O) groups is 1. The van der Waals surface area contributed by atoms with Gasteiger partial charge in [0, 0.05) is 44.4 Å². The van der Waals surface area contributed by atoms with E-state index in [9.17, 15) is 4.79 Å². The summed E-state index contributed by atoms with van der Waals surface area (Å²) in [6, 6.07) is 12.3. The van der Waals surface area contributed by atoms with Gasteiger partial charge in [0.1, 0.15) is 0 Å². The van der Waals surface area contributed by atoms with Gasteiger partial charge in [-0.05, 0) is 25.5 Å². The molecule has 0 saturated carbocycles. The van der Waals surface area contributed by atoms with E-state index in [2.05, 4.69) is 40.3 Å². The van der Waals surface area contributed by atoms with E-state index in [1.807, 2.05) is 30.1 Å². The fraction of sp³-hybridized carbons (Fsp3) is 0.444. The summed E-state index contributed by atoms with van der Waals surface area (Å²) in [4.78, 5) is 15.7. The first-order valence-electron chi connectivity index (χ1n) is 8.14. The van der Waals surface area contributed by atoms with Crippen LogP contribution in [0.15, 0.2) is 36.4 Å². The van der Waals surface area contributed by atoms with Gasteiger partial charge in [-0.1, -0.05) is 30.3 Å². The molecule has 1 unspecified atom stereocenters. The van der Waals surface area contributed by atoms with Crippen LogP contribution in [0.3, 0.4) is 0 Å². The fourth-order valence-electron chi connectivity index (χ4n) is 3.24. The maximum Gasteiger partial charge on any atom is 0.222 e. The monoisotopic (exact) mass is 312 g/mol. The Hall–Kier alpha value is -2.14. The van der Waals surface area contributed by atoms with Crippen molar-refractivity contribution >= 4 is 5.91 Å². The Labute approximate surface area is 137 Å². The number of aromatic nitrogens is 2. The van der Waals surface area contributed by atoms with Gasteiger partial charge in [-0.25, -0.2) is 0 Å². The minimum absolute atomic E-state index is 0.268. The molecule has 1 aromatic heterocycles. The molecule has 1 aliphatic heterocycles. The van der Waals surface area contributed by atoms with E-state index in [0.29, 0.717) is 12.3 Å². The molecular weight excluding hydrogens is 288 g/mol. The van der Waals surface area contributed by atoms with Gasteiger partial charge in [0.2, 0.25) is 5.91 Å². The van der Waals surface area contributed by atoms with E-state index >= 15 is 0 Å². The predicted octanol–water partition coefficient (Wildman–Crippen LogP) is 2.38. The Bertz CT molecular complexity index is 652. The maximum atomic E-state index is 11.6. The van der Waals surface area contributed by atoms with E-state index < -0.39 is 0 Å². The van der Waals surface area contributed by atoms with Crippen molar-refractivity contribution in [2.24, 2.45) is 5.92 Å². The molecule has 122 valence electrons. The summed E-state index contributed by atoms with van der Waals surface area (Å²) < 4.78 is 0. The van der Waals surface area contributed by atoms with E-state index in [0.717, 1.165) is 43.0 Å². The Kier molecular flexibility index (Phi) is 4.76. The molecule has 1 amide bonds. The normalized spacial score (nSPS) is 18.7. The number of nitrogens with one attached hydrogen (secondary N) is 1. The number of hydrogen-bond acceptors (Lipinski definition) is 3.